The van der Waals surface area contributed by atoms with Crippen LogP contribution in [0, 0.1) is 10.1 Å². The van der Waals surface area contributed by atoms with Crippen LogP contribution in [-0.4, -0.2) is 22.3 Å². The van der Waals surface area contributed by atoms with Crippen LogP contribution in [0.5, 0.6) is 0 Å². The van der Waals surface area contributed by atoms with Crippen LogP contribution >= 0.6 is 35.0 Å². The molecule has 0 atom stereocenters. The maximum absolute atomic E-state index is 11.9. The Kier molecular flexibility index (Phi) is 7.44. The number of thioether (sulfide) groups is 1. The highest BCUT2D eigenvalue weighted by atomic mass is 35.5. The predicted octanol–water partition coefficient (Wildman–Crippen LogP) is 4.68. The van der Waals surface area contributed by atoms with Gasteiger partial charge in [0.05, 0.1) is 16.4 Å². The van der Waals surface area contributed by atoms with Crippen LogP contribution in [0.2, 0.25) is 10.0 Å². The summed E-state index contributed by atoms with van der Waals surface area (Å²) in [5, 5.41) is 15.8. The van der Waals surface area contributed by atoms with Gasteiger partial charge in [-0.25, -0.2) is 5.43 Å². The summed E-state index contributed by atoms with van der Waals surface area (Å²) in [6.45, 7) is 1.71. The molecule has 0 fully saturated rings. The molecule has 136 valence electrons. The number of carbonyl (C=O) groups is 1. The minimum Gasteiger partial charge on any atom is -0.272 e. The van der Waals surface area contributed by atoms with Gasteiger partial charge in [-0.15, -0.1) is 11.8 Å². The fourth-order valence-corrected chi connectivity index (χ4v) is 3.54. The van der Waals surface area contributed by atoms with E-state index in [-0.39, 0.29) is 17.3 Å². The van der Waals surface area contributed by atoms with Gasteiger partial charge in [-0.05, 0) is 42.3 Å². The van der Waals surface area contributed by atoms with E-state index in [4.69, 9.17) is 23.2 Å². The third-order valence-electron chi connectivity index (χ3n) is 3.39. The highest BCUT2D eigenvalue weighted by Gasteiger charge is 2.08. The van der Waals surface area contributed by atoms with Crippen LogP contribution in [0.15, 0.2) is 47.6 Å². The Balaban J connectivity index is 1.85. The summed E-state index contributed by atoms with van der Waals surface area (Å²) in [5.41, 5.74) is 4.49. The molecule has 2 aromatic rings. The molecule has 0 spiro atoms. The van der Waals surface area contributed by atoms with E-state index in [1.807, 2.05) is 0 Å². The van der Waals surface area contributed by atoms with Gasteiger partial charge in [0.15, 0.2) is 0 Å². The van der Waals surface area contributed by atoms with Crippen LogP contribution in [0.3, 0.4) is 0 Å². The van der Waals surface area contributed by atoms with Crippen LogP contribution < -0.4 is 5.43 Å². The molecule has 2 rings (SSSR count). The summed E-state index contributed by atoms with van der Waals surface area (Å²) in [5.74, 6) is 0.440. The van der Waals surface area contributed by atoms with Crippen LogP contribution in [0.25, 0.3) is 0 Å². The molecule has 0 aromatic heterocycles. The highest BCUT2D eigenvalue weighted by Crippen LogP contribution is 2.28. The van der Waals surface area contributed by atoms with E-state index < -0.39 is 4.92 Å². The number of hydrogen-bond donors (Lipinski definition) is 1. The Bertz CT molecular complexity index is 821. The lowest BCUT2D eigenvalue weighted by Crippen LogP contribution is -2.21. The number of hydrazone groups is 1. The number of hydrogen-bond acceptors (Lipinski definition) is 5. The lowest BCUT2D eigenvalue weighted by Gasteiger charge is -2.06. The fourth-order valence-electron chi connectivity index (χ4n) is 1.98. The molecule has 0 unspecified atom stereocenters. The lowest BCUT2D eigenvalue weighted by molar-refractivity contribution is -0.384. The first-order valence-electron chi connectivity index (χ1n) is 7.47. The number of carbonyl (C=O) groups excluding carboxylic acids is 1. The van der Waals surface area contributed by atoms with E-state index in [1.54, 1.807) is 37.3 Å². The second-order valence-electron chi connectivity index (χ2n) is 5.23. The van der Waals surface area contributed by atoms with Crippen molar-refractivity contribution in [3.63, 3.8) is 0 Å². The quantitative estimate of drug-likeness (QED) is 0.407. The predicted molar refractivity (Wildman–Crippen MR) is 106 cm³/mol. The Labute approximate surface area is 164 Å². The van der Waals surface area contributed by atoms with Crippen molar-refractivity contribution in [2.24, 2.45) is 5.10 Å². The van der Waals surface area contributed by atoms with Crippen molar-refractivity contribution in [2.75, 3.05) is 5.75 Å². The van der Waals surface area contributed by atoms with Gasteiger partial charge in [0.25, 0.3) is 5.69 Å². The van der Waals surface area contributed by atoms with Crippen molar-refractivity contribution in [2.45, 2.75) is 12.7 Å². The summed E-state index contributed by atoms with van der Waals surface area (Å²) in [7, 11) is 0. The average Bonchev–Trinajstić information content (AvgIpc) is 2.62. The fraction of sp³-hybridized carbons (Fsp3) is 0.176. The molecule has 9 heteroatoms. The minimum atomic E-state index is -0.472. The number of non-ortho nitro benzene ring substituents is 1. The molecule has 0 radical (unpaired) electrons. The molecule has 0 saturated carbocycles. The molecule has 0 saturated heterocycles. The van der Waals surface area contributed by atoms with E-state index in [0.717, 1.165) is 5.56 Å². The Hall–Kier alpha value is -2.09. The molecular weight excluding hydrogens is 397 g/mol. The zero-order valence-electron chi connectivity index (χ0n) is 13.7. The Morgan fingerprint density at radius 3 is 2.38 bits per heavy atom. The number of nitro benzene ring substituents is 1. The average molecular weight is 412 g/mol. The number of nitrogens with zero attached hydrogens (tertiary/aromatic N) is 2. The number of nitrogens with one attached hydrogen (secondary N) is 1. The SMILES string of the molecule is C/C(=N/NC(=O)CSCc1c(Cl)cccc1Cl)c1ccc([N+](=O)[O-])cc1. The molecule has 1 amide bonds. The van der Waals surface area contributed by atoms with E-state index in [9.17, 15) is 14.9 Å². The van der Waals surface area contributed by atoms with Gasteiger partial charge in [0.2, 0.25) is 5.91 Å². The van der Waals surface area contributed by atoms with E-state index in [2.05, 4.69) is 10.5 Å². The molecule has 1 N–H and O–H groups in total. The molecule has 0 heterocycles. The molecule has 2 aromatic carbocycles. The number of amides is 1. The maximum atomic E-state index is 11.9. The first-order chi connectivity index (χ1) is 12.4. The Morgan fingerprint density at radius 1 is 1.19 bits per heavy atom. The largest absolute Gasteiger partial charge is 0.272 e. The zero-order valence-corrected chi connectivity index (χ0v) is 16.1. The maximum Gasteiger partial charge on any atom is 0.269 e. The second-order valence-corrected chi connectivity index (χ2v) is 7.03. The van der Waals surface area contributed by atoms with Crippen molar-refractivity contribution < 1.29 is 9.72 Å². The third kappa shape index (κ3) is 5.72. The third-order valence-corrected chi connectivity index (χ3v) is 5.05. The van der Waals surface area contributed by atoms with Gasteiger partial charge in [-0.1, -0.05) is 29.3 Å². The van der Waals surface area contributed by atoms with Crippen molar-refractivity contribution >= 4 is 52.3 Å². The summed E-state index contributed by atoms with van der Waals surface area (Å²) in [4.78, 5) is 22.1. The van der Waals surface area contributed by atoms with Crippen LogP contribution in [0.4, 0.5) is 5.69 Å². The first-order valence-corrected chi connectivity index (χ1v) is 9.38. The van der Waals surface area contributed by atoms with E-state index in [1.165, 1.54) is 23.9 Å². The van der Waals surface area contributed by atoms with Gasteiger partial charge in [0.1, 0.15) is 0 Å². The number of nitro groups is 1. The minimum absolute atomic E-state index is 0.000203. The summed E-state index contributed by atoms with van der Waals surface area (Å²) in [6.07, 6.45) is 0. The van der Waals surface area contributed by atoms with Crippen molar-refractivity contribution in [1.82, 2.24) is 5.43 Å². The zero-order chi connectivity index (χ0) is 19.1. The van der Waals surface area contributed by atoms with Gasteiger partial charge < -0.3 is 0 Å². The first kappa shape index (κ1) is 20.2. The van der Waals surface area contributed by atoms with Gasteiger partial charge in [0, 0.05) is 27.9 Å². The molecular formula is C17H15Cl2N3O3S. The molecule has 0 bridgehead atoms. The molecule has 0 aliphatic carbocycles. The van der Waals surface area contributed by atoms with Gasteiger partial charge >= 0.3 is 0 Å². The van der Waals surface area contributed by atoms with Crippen LogP contribution in [-0.2, 0) is 10.5 Å². The lowest BCUT2D eigenvalue weighted by atomic mass is 10.1. The second kappa shape index (κ2) is 9.56. The molecule has 0 aliphatic rings. The summed E-state index contributed by atoms with van der Waals surface area (Å²) < 4.78 is 0. The number of halogens is 2. The van der Waals surface area contributed by atoms with Crippen molar-refractivity contribution in [3.05, 3.63) is 73.8 Å². The standard InChI is InChI=1S/C17H15Cl2N3O3S/c1-11(12-5-7-13(8-6-12)22(24)25)20-21-17(23)10-26-9-14-15(18)3-2-4-16(14)19/h2-8H,9-10H2,1H3,(H,21,23)/b20-11-. The normalized spacial score (nSPS) is 11.3. The van der Waals surface area contributed by atoms with E-state index >= 15 is 0 Å². The van der Waals surface area contributed by atoms with E-state index in [0.29, 0.717) is 27.1 Å². The summed E-state index contributed by atoms with van der Waals surface area (Å²) in [6, 6.07) is 11.2. The smallest absolute Gasteiger partial charge is 0.269 e. The molecule has 26 heavy (non-hydrogen) atoms. The molecule has 0 aliphatic heterocycles. The monoisotopic (exact) mass is 411 g/mol. The topological polar surface area (TPSA) is 84.6 Å². The molecule has 6 nitrogen and oxygen atoms in total. The number of rotatable bonds is 7. The van der Waals surface area contributed by atoms with Crippen molar-refractivity contribution in [3.8, 4) is 0 Å². The van der Waals surface area contributed by atoms with Crippen molar-refractivity contribution in [1.29, 1.82) is 0 Å². The number of benzene rings is 2. The van der Waals surface area contributed by atoms with Gasteiger partial charge in [-0.3, -0.25) is 14.9 Å². The highest BCUT2D eigenvalue weighted by molar-refractivity contribution is 7.99. The summed E-state index contributed by atoms with van der Waals surface area (Å²) >= 11 is 13.5. The Morgan fingerprint density at radius 2 is 1.81 bits per heavy atom. The van der Waals surface area contributed by atoms with Crippen LogP contribution in [0.1, 0.15) is 18.1 Å². The van der Waals surface area contributed by atoms with Gasteiger partial charge in [-0.2, -0.15) is 5.10 Å².